The van der Waals surface area contributed by atoms with Crippen LogP contribution in [0, 0.1) is 0 Å². The first-order valence-electron chi connectivity index (χ1n) is 14.2. The number of fused-ring (bicyclic) bond motifs is 1. The van der Waals surface area contributed by atoms with Crippen molar-refractivity contribution in [1.82, 2.24) is 14.3 Å². The molecule has 0 bridgehead atoms. The van der Waals surface area contributed by atoms with Gasteiger partial charge in [0.1, 0.15) is 23.3 Å². The van der Waals surface area contributed by atoms with Crippen molar-refractivity contribution in [2.24, 2.45) is 0 Å². The number of sulfonamides is 1. The molecule has 1 N–H and O–H groups in total. The summed E-state index contributed by atoms with van der Waals surface area (Å²) in [5.41, 5.74) is -0.139. The number of hydrogen-bond donors (Lipinski definition) is 1. The molecule has 1 atom stereocenters. The van der Waals surface area contributed by atoms with Crippen LogP contribution in [-0.4, -0.2) is 53.1 Å². The van der Waals surface area contributed by atoms with Crippen LogP contribution in [0.15, 0.2) is 47.6 Å². The van der Waals surface area contributed by atoms with Gasteiger partial charge in [0, 0.05) is 42.2 Å². The summed E-state index contributed by atoms with van der Waals surface area (Å²) >= 11 is 0.901. The number of ether oxygens (including phenoxy) is 2. The minimum Gasteiger partial charge on any atom is -0.487 e. The van der Waals surface area contributed by atoms with E-state index in [9.17, 15) is 26.4 Å². The number of halogens is 3. The molecule has 3 heterocycles. The summed E-state index contributed by atoms with van der Waals surface area (Å²) in [6.07, 6.45) is -2.31. The molecule has 2 aromatic carbocycles. The van der Waals surface area contributed by atoms with Gasteiger partial charge in [0.25, 0.3) is 10.0 Å². The lowest BCUT2D eigenvalue weighted by molar-refractivity contribution is -0.137. The molecule has 3 aromatic rings. The van der Waals surface area contributed by atoms with E-state index in [-0.39, 0.29) is 21.9 Å². The maximum Gasteiger partial charge on any atom is 0.416 e. The molecule has 5 rings (SSSR count). The smallest absolute Gasteiger partial charge is 0.416 e. The summed E-state index contributed by atoms with van der Waals surface area (Å²) in [5, 5.41) is 0.119. The summed E-state index contributed by atoms with van der Waals surface area (Å²) in [4.78, 5) is 18.1. The van der Waals surface area contributed by atoms with E-state index in [1.165, 1.54) is 30.6 Å². The average molecular weight is 653 g/mol. The zero-order chi connectivity index (χ0) is 32.1. The molecule has 1 fully saturated rings. The molecule has 2 aliphatic heterocycles. The maximum atomic E-state index is 13.9. The Labute approximate surface area is 259 Å². The van der Waals surface area contributed by atoms with Crippen molar-refractivity contribution in [3.8, 4) is 5.75 Å². The highest BCUT2D eigenvalue weighted by molar-refractivity contribution is 7.93. The number of nitrogens with zero attached hydrogens (tertiary/aromatic N) is 3. The first-order chi connectivity index (χ1) is 20.4. The number of rotatable bonds is 5. The van der Waals surface area contributed by atoms with Gasteiger partial charge in [0.2, 0.25) is 5.13 Å². The number of aromatic nitrogens is 2. The molecule has 44 heavy (non-hydrogen) atoms. The number of anilines is 1. The Morgan fingerprint density at radius 1 is 1.07 bits per heavy atom. The summed E-state index contributed by atoms with van der Waals surface area (Å²) in [6.45, 7) is 9.80. The van der Waals surface area contributed by atoms with Crippen molar-refractivity contribution in [3.63, 3.8) is 0 Å². The predicted octanol–water partition coefficient (Wildman–Crippen LogP) is 7.17. The third kappa shape index (κ3) is 7.12. The second-order valence-corrected chi connectivity index (χ2v) is 15.2. The van der Waals surface area contributed by atoms with Crippen molar-refractivity contribution in [3.05, 3.63) is 65.0 Å². The first-order valence-corrected chi connectivity index (χ1v) is 16.5. The number of nitrogens with one attached hydrogen (secondary N) is 1. The molecule has 0 aliphatic carbocycles. The van der Waals surface area contributed by atoms with E-state index < -0.39 is 39.1 Å². The van der Waals surface area contributed by atoms with Gasteiger partial charge in [-0.2, -0.15) is 17.5 Å². The SMILES string of the molecule is CC(C)(C)OC(=O)N1CCC(c2cc(C(F)(F)F)ccc2C2CC(C)(C)Oc3cc(S(=O)(=O)Nc4ncns4)ccc32)CC1. The number of piperidine rings is 1. The number of hydrogen-bond acceptors (Lipinski definition) is 8. The Bertz CT molecular complexity index is 1630. The average Bonchev–Trinajstić information content (AvgIpc) is 3.42. The Morgan fingerprint density at radius 3 is 2.36 bits per heavy atom. The molecule has 9 nitrogen and oxygen atoms in total. The van der Waals surface area contributed by atoms with E-state index in [1.54, 1.807) is 31.7 Å². The summed E-state index contributed by atoms with van der Waals surface area (Å²) in [6, 6.07) is 8.43. The molecular weight excluding hydrogens is 617 g/mol. The number of benzene rings is 2. The normalized spacial score (nSPS) is 19.2. The number of carbonyl (C=O) groups excluding carboxylic acids is 1. The second kappa shape index (κ2) is 11.5. The summed E-state index contributed by atoms with van der Waals surface area (Å²) in [5.74, 6) is -0.240. The first kappa shape index (κ1) is 32.0. The van der Waals surface area contributed by atoms with Crippen LogP contribution in [0.2, 0.25) is 0 Å². The van der Waals surface area contributed by atoms with Crippen LogP contribution in [0.4, 0.5) is 23.1 Å². The van der Waals surface area contributed by atoms with Crippen LogP contribution in [0.25, 0.3) is 0 Å². The molecule has 1 unspecified atom stereocenters. The van der Waals surface area contributed by atoms with E-state index >= 15 is 0 Å². The lowest BCUT2D eigenvalue weighted by Gasteiger charge is -2.40. The fourth-order valence-corrected chi connectivity index (χ4v) is 7.47. The van der Waals surface area contributed by atoms with Gasteiger partial charge >= 0.3 is 12.3 Å². The van der Waals surface area contributed by atoms with Crippen molar-refractivity contribution >= 4 is 32.8 Å². The lowest BCUT2D eigenvalue weighted by Crippen LogP contribution is -2.41. The van der Waals surface area contributed by atoms with Gasteiger partial charge in [-0.3, -0.25) is 4.72 Å². The highest BCUT2D eigenvalue weighted by atomic mass is 32.2. The molecule has 0 spiro atoms. The molecule has 2 aliphatic rings. The van der Waals surface area contributed by atoms with Gasteiger partial charge in [-0.25, -0.2) is 18.2 Å². The molecule has 14 heteroatoms. The van der Waals surface area contributed by atoms with Crippen molar-refractivity contribution in [2.45, 2.75) is 88.0 Å². The van der Waals surface area contributed by atoms with Gasteiger partial charge in [-0.1, -0.05) is 12.1 Å². The molecular formula is C30H35F3N4O5S2. The van der Waals surface area contributed by atoms with Gasteiger partial charge < -0.3 is 14.4 Å². The molecule has 0 radical (unpaired) electrons. The van der Waals surface area contributed by atoms with E-state index in [1.807, 2.05) is 13.8 Å². The second-order valence-electron chi connectivity index (χ2n) is 12.8. The molecule has 238 valence electrons. The molecule has 1 aromatic heterocycles. The Hall–Kier alpha value is -3.39. The molecule has 1 saturated heterocycles. The highest BCUT2D eigenvalue weighted by Gasteiger charge is 2.39. The minimum absolute atomic E-state index is 0.0370. The zero-order valence-corrected chi connectivity index (χ0v) is 26.7. The van der Waals surface area contributed by atoms with Crippen molar-refractivity contribution in [1.29, 1.82) is 0 Å². The van der Waals surface area contributed by atoms with Gasteiger partial charge in [0.15, 0.2) is 0 Å². The number of amides is 1. The van der Waals surface area contributed by atoms with E-state index in [4.69, 9.17) is 9.47 Å². The van der Waals surface area contributed by atoms with E-state index in [2.05, 4.69) is 14.1 Å². The number of alkyl halides is 3. The fraction of sp³-hybridized carbons (Fsp3) is 0.500. The number of likely N-dealkylation sites (tertiary alicyclic amines) is 1. The van der Waals surface area contributed by atoms with Crippen LogP contribution < -0.4 is 9.46 Å². The minimum atomic E-state index is -4.53. The standard InChI is InChI=1S/C30H35F3N4O5S2/c1-28(2,3)42-27(38)37-12-10-18(11-13-37)23-14-19(30(31,32)33)6-8-21(23)24-16-29(4,5)41-25-15-20(7-9-22(24)25)44(39,40)36-26-34-17-35-43-26/h6-9,14-15,17-18,24H,10-13,16H2,1-5H3,(H,34,35,36). The van der Waals surface area contributed by atoms with E-state index in [0.29, 0.717) is 49.2 Å². The molecule has 1 amide bonds. The number of carbonyl (C=O) groups is 1. The Balaban J connectivity index is 1.50. The van der Waals surface area contributed by atoms with Crippen LogP contribution >= 0.6 is 11.5 Å². The van der Waals surface area contributed by atoms with Gasteiger partial charge in [-0.05, 0) is 89.1 Å². The summed E-state index contributed by atoms with van der Waals surface area (Å²) in [7, 11) is -4.00. The van der Waals surface area contributed by atoms with Crippen LogP contribution in [0.3, 0.4) is 0 Å². The van der Waals surface area contributed by atoms with Crippen molar-refractivity contribution < 1.29 is 35.9 Å². The van der Waals surface area contributed by atoms with Gasteiger partial charge in [0.05, 0.1) is 10.5 Å². The molecule has 0 saturated carbocycles. The van der Waals surface area contributed by atoms with Gasteiger partial charge in [-0.15, -0.1) is 0 Å². The van der Waals surface area contributed by atoms with Crippen LogP contribution in [-0.2, 0) is 20.9 Å². The third-order valence-corrected chi connectivity index (χ3v) is 9.76. The fourth-order valence-electron chi connectivity index (χ4n) is 5.79. The quantitative estimate of drug-likeness (QED) is 0.311. The van der Waals surface area contributed by atoms with E-state index in [0.717, 1.165) is 23.2 Å². The third-order valence-electron chi connectivity index (χ3n) is 7.71. The lowest BCUT2D eigenvalue weighted by atomic mass is 9.75. The maximum absolute atomic E-state index is 13.9. The largest absolute Gasteiger partial charge is 0.487 e. The Morgan fingerprint density at radius 2 is 1.75 bits per heavy atom. The van der Waals surface area contributed by atoms with Crippen LogP contribution in [0.5, 0.6) is 5.75 Å². The topological polar surface area (TPSA) is 111 Å². The Kier molecular flexibility index (Phi) is 8.38. The van der Waals surface area contributed by atoms with Crippen molar-refractivity contribution in [2.75, 3.05) is 17.8 Å². The monoisotopic (exact) mass is 652 g/mol. The predicted molar refractivity (Wildman–Crippen MR) is 160 cm³/mol. The zero-order valence-electron chi connectivity index (χ0n) is 25.1. The van der Waals surface area contributed by atoms with Crippen LogP contribution in [0.1, 0.15) is 88.0 Å². The highest BCUT2D eigenvalue weighted by Crippen LogP contribution is 2.48. The summed E-state index contributed by atoms with van der Waals surface area (Å²) < 4.78 is 85.9.